The predicted molar refractivity (Wildman–Crippen MR) is 41.0 cm³/mol. The summed E-state index contributed by atoms with van der Waals surface area (Å²) in [6.07, 6.45) is -7.16. The van der Waals surface area contributed by atoms with Crippen molar-refractivity contribution in [3.05, 3.63) is 0 Å². The van der Waals surface area contributed by atoms with Crippen LogP contribution in [0.3, 0.4) is 0 Å². The van der Waals surface area contributed by atoms with Gasteiger partial charge in [0.15, 0.2) is 0 Å². The fourth-order valence-electron chi connectivity index (χ4n) is 1.69. The number of halogens is 5. The second kappa shape index (κ2) is 3.32. The molecule has 0 amide bonds. The zero-order chi connectivity index (χ0) is 11.0. The second-order valence-electron chi connectivity index (χ2n) is 4.01. The Morgan fingerprint density at radius 2 is 1.43 bits per heavy atom. The van der Waals surface area contributed by atoms with Crippen LogP contribution in [0.4, 0.5) is 22.0 Å². The molecular formula is C8H12F5N. The maximum absolute atomic E-state index is 12.6. The highest BCUT2D eigenvalue weighted by molar-refractivity contribution is 4.94. The molecule has 0 aliphatic heterocycles. The van der Waals surface area contributed by atoms with E-state index in [0.29, 0.717) is 0 Å². The molecule has 1 fully saturated rings. The molecule has 1 rings (SSSR count). The van der Waals surface area contributed by atoms with Gasteiger partial charge in [-0.15, -0.1) is 0 Å². The van der Waals surface area contributed by atoms with Crippen molar-refractivity contribution in [3.8, 4) is 0 Å². The van der Waals surface area contributed by atoms with E-state index < -0.39 is 36.9 Å². The minimum Gasteiger partial charge on any atom is -0.325 e. The van der Waals surface area contributed by atoms with E-state index in [0.717, 1.165) is 0 Å². The van der Waals surface area contributed by atoms with Crippen LogP contribution in [0.2, 0.25) is 0 Å². The Bertz CT molecular complexity index is 200. The largest absolute Gasteiger partial charge is 0.390 e. The van der Waals surface area contributed by atoms with Gasteiger partial charge in [0.05, 0.1) is 6.42 Å². The minimum atomic E-state index is -4.37. The summed E-state index contributed by atoms with van der Waals surface area (Å²) in [4.78, 5) is 0. The van der Waals surface area contributed by atoms with Crippen molar-refractivity contribution in [1.29, 1.82) is 0 Å². The Hall–Kier alpha value is -0.390. The van der Waals surface area contributed by atoms with Crippen LogP contribution in [0, 0.1) is 0 Å². The summed E-state index contributed by atoms with van der Waals surface area (Å²) < 4.78 is 61.3. The molecule has 0 unspecified atom stereocenters. The molecule has 0 saturated heterocycles. The highest BCUT2D eigenvalue weighted by Gasteiger charge is 2.46. The predicted octanol–water partition coefficient (Wildman–Crippen LogP) is 2.85. The lowest BCUT2D eigenvalue weighted by Crippen LogP contribution is -2.48. The van der Waals surface area contributed by atoms with Gasteiger partial charge in [-0.3, -0.25) is 0 Å². The number of rotatable bonds is 1. The maximum atomic E-state index is 12.6. The number of alkyl halides is 5. The van der Waals surface area contributed by atoms with Crippen LogP contribution in [-0.4, -0.2) is 17.6 Å². The van der Waals surface area contributed by atoms with Crippen LogP contribution < -0.4 is 5.73 Å². The quantitative estimate of drug-likeness (QED) is 0.671. The van der Waals surface area contributed by atoms with E-state index in [-0.39, 0.29) is 12.8 Å². The van der Waals surface area contributed by atoms with E-state index in [1.54, 1.807) is 0 Å². The van der Waals surface area contributed by atoms with Crippen molar-refractivity contribution in [1.82, 2.24) is 0 Å². The Balaban J connectivity index is 2.54. The molecule has 0 spiro atoms. The molecule has 2 N–H and O–H groups in total. The third kappa shape index (κ3) is 3.40. The maximum Gasteiger partial charge on any atom is 0.390 e. The van der Waals surface area contributed by atoms with Crippen molar-refractivity contribution in [2.75, 3.05) is 0 Å². The van der Waals surface area contributed by atoms with Gasteiger partial charge in [0.2, 0.25) is 5.92 Å². The SMILES string of the molecule is NC1(CC(F)(F)F)CCC(F)(F)CC1. The third-order valence-electron chi connectivity index (χ3n) is 2.53. The molecule has 0 radical (unpaired) electrons. The van der Waals surface area contributed by atoms with Gasteiger partial charge in [-0.1, -0.05) is 0 Å². The first-order valence-electron chi connectivity index (χ1n) is 4.35. The first kappa shape index (κ1) is 11.7. The van der Waals surface area contributed by atoms with E-state index in [2.05, 4.69) is 0 Å². The van der Waals surface area contributed by atoms with Gasteiger partial charge in [0.25, 0.3) is 0 Å². The molecule has 1 nitrogen and oxygen atoms in total. The summed E-state index contributed by atoms with van der Waals surface area (Å²) in [6, 6.07) is 0. The Morgan fingerprint density at radius 3 is 1.79 bits per heavy atom. The summed E-state index contributed by atoms with van der Waals surface area (Å²) in [5, 5.41) is 0. The fraction of sp³-hybridized carbons (Fsp3) is 1.00. The van der Waals surface area contributed by atoms with Crippen LogP contribution in [-0.2, 0) is 0 Å². The molecule has 84 valence electrons. The average Bonchev–Trinajstić information content (AvgIpc) is 1.93. The highest BCUT2D eigenvalue weighted by atomic mass is 19.4. The smallest absolute Gasteiger partial charge is 0.325 e. The molecule has 0 bridgehead atoms. The molecule has 6 heteroatoms. The monoisotopic (exact) mass is 217 g/mol. The van der Waals surface area contributed by atoms with Gasteiger partial charge in [-0.05, 0) is 12.8 Å². The van der Waals surface area contributed by atoms with Crippen molar-refractivity contribution in [2.45, 2.75) is 49.7 Å². The van der Waals surface area contributed by atoms with Gasteiger partial charge < -0.3 is 5.73 Å². The molecule has 1 saturated carbocycles. The van der Waals surface area contributed by atoms with Crippen molar-refractivity contribution in [3.63, 3.8) is 0 Å². The fourth-order valence-corrected chi connectivity index (χ4v) is 1.69. The van der Waals surface area contributed by atoms with E-state index in [4.69, 9.17) is 5.73 Å². The Morgan fingerprint density at radius 1 is 1.00 bits per heavy atom. The molecule has 0 aromatic rings. The van der Waals surface area contributed by atoms with E-state index in [1.807, 2.05) is 0 Å². The standard InChI is InChI=1S/C8H12F5N/c9-7(10)3-1-6(14,2-4-7)5-8(11,12)13/h1-5,14H2. The van der Waals surface area contributed by atoms with E-state index >= 15 is 0 Å². The summed E-state index contributed by atoms with van der Waals surface area (Å²) >= 11 is 0. The lowest BCUT2D eigenvalue weighted by atomic mass is 9.78. The lowest BCUT2D eigenvalue weighted by molar-refractivity contribution is -0.157. The Kier molecular flexibility index (Phi) is 2.77. The lowest BCUT2D eigenvalue weighted by Gasteiger charge is -2.37. The number of hydrogen-bond donors (Lipinski definition) is 1. The van der Waals surface area contributed by atoms with Gasteiger partial charge >= 0.3 is 6.18 Å². The molecular weight excluding hydrogens is 205 g/mol. The molecule has 0 heterocycles. The first-order valence-corrected chi connectivity index (χ1v) is 4.35. The summed E-state index contributed by atoms with van der Waals surface area (Å²) in [7, 11) is 0. The summed E-state index contributed by atoms with van der Waals surface area (Å²) in [5.74, 6) is -2.84. The Labute approximate surface area is 78.5 Å². The molecule has 0 aromatic carbocycles. The highest BCUT2D eigenvalue weighted by Crippen LogP contribution is 2.41. The summed E-state index contributed by atoms with van der Waals surface area (Å²) in [5.41, 5.74) is 3.93. The van der Waals surface area contributed by atoms with Gasteiger partial charge in [-0.25, -0.2) is 8.78 Å². The number of hydrogen-bond acceptors (Lipinski definition) is 1. The second-order valence-corrected chi connectivity index (χ2v) is 4.01. The molecule has 1 aliphatic rings. The van der Waals surface area contributed by atoms with Crippen molar-refractivity contribution in [2.24, 2.45) is 5.73 Å². The molecule has 0 aromatic heterocycles. The topological polar surface area (TPSA) is 26.0 Å². The van der Waals surface area contributed by atoms with E-state index in [9.17, 15) is 22.0 Å². The van der Waals surface area contributed by atoms with Crippen LogP contribution >= 0.6 is 0 Å². The van der Waals surface area contributed by atoms with Crippen LogP contribution in [0.25, 0.3) is 0 Å². The third-order valence-corrected chi connectivity index (χ3v) is 2.53. The van der Waals surface area contributed by atoms with Gasteiger partial charge in [-0.2, -0.15) is 13.2 Å². The first-order chi connectivity index (χ1) is 6.12. The zero-order valence-electron chi connectivity index (χ0n) is 7.50. The molecule has 0 atom stereocenters. The van der Waals surface area contributed by atoms with Crippen molar-refractivity contribution < 1.29 is 22.0 Å². The molecule has 1 aliphatic carbocycles. The van der Waals surface area contributed by atoms with E-state index in [1.165, 1.54) is 0 Å². The molecule has 14 heavy (non-hydrogen) atoms. The van der Waals surface area contributed by atoms with Crippen molar-refractivity contribution >= 4 is 0 Å². The normalized spacial score (nSPS) is 26.1. The van der Waals surface area contributed by atoms with Gasteiger partial charge in [0.1, 0.15) is 0 Å². The van der Waals surface area contributed by atoms with Crippen LogP contribution in [0.1, 0.15) is 32.1 Å². The zero-order valence-corrected chi connectivity index (χ0v) is 7.50. The number of nitrogens with two attached hydrogens (primary N) is 1. The minimum absolute atomic E-state index is 0.264. The average molecular weight is 217 g/mol. The van der Waals surface area contributed by atoms with Gasteiger partial charge in [0, 0.05) is 18.4 Å². The van der Waals surface area contributed by atoms with Crippen LogP contribution in [0.5, 0.6) is 0 Å². The van der Waals surface area contributed by atoms with Crippen LogP contribution in [0.15, 0.2) is 0 Å². The summed E-state index contributed by atoms with van der Waals surface area (Å²) in [6.45, 7) is 0.